The Morgan fingerprint density at radius 1 is 1.32 bits per heavy atom. The maximum Gasteiger partial charge on any atom is 0.227 e. The molecule has 2 rings (SSSR count). The molecule has 1 amide bonds. The van der Waals surface area contributed by atoms with Gasteiger partial charge in [0, 0.05) is 12.5 Å². The van der Waals surface area contributed by atoms with Gasteiger partial charge in [-0.05, 0) is 31.4 Å². The quantitative estimate of drug-likeness (QED) is 0.854. The summed E-state index contributed by atoms with van der Waals surface area (Å²) < 4.78 is 0. The smallest absolute Gasteiger partial charge is 0.227 e. The van der Waals surface area contributed by atoms with Gasteiger partial charge in [0.2, 0.25) is 5.91 Å². The number of nitrogens with one attached hydrogen (secondary N) is 2. The summed E-state index contributed by atoms with van der Waals surface area (Å²) in [5.41, 5.74) is 0.789. The van der Waals surface area contributed by atoms with Crippen molar-refractivity contribution in [3.63, 3.8) is 0 Å². The predicted octanol–water partition coefficient (Wildman–Crippen LogP) is 3.42. The van der Waals surface area contributed by atoms with Crippen LogP contribution in [0, 0.1) is 5.92 Å². The summed E-state index contributed by atoms with van der Waals surface area (Å²) in [7, 11) is 0. The number of pyridine rings is 1. The molecule has 1 fully saturated rings. The Hall–Kier alpha value is -1.58. The minimum atomic E-state index is 0.149. The van der Waals surface area contributed by atoms with E-state index in [9.17, 15) is 4.79 Å². The summed E-state index contributed by atoms with van der Waals surface area (Å²) in [5.74, 6) is 1.19. The van der Waals surface area contributed by atoms with Gasteiger partial charge < -0.3 is 10.6 Å². The maximum atomic E-state index is 12.1. The molecule has 0 bridgehead atoms. The Balaban J connectivity index is 1.86. The molecule has 0 spiro atoms. The van der Waals surface area contributed by atoms with E-state index in [0.29, 0.717) is 0 Å². The fourth-order valence-corrected chi connectivity index (χ4v) is 2.43. The SMILES string of the molecule is CCCNc1ccc(NC(=O)C2CCCCC2)cn1. The summed E-state index contributed by atoms with van der Waals surface area (Å²) in [4.78, 5) is 16.4. The lowest BCUT2D eigenvalue weighted by Crippen LogP contribution is -2.24. The topological polar surface area (TPSA) is 54.0 Å². The van der Waals surface area contributed by atoms with Gasteiger partial charge in [-0.3, -0.25) is 4.79 Å². The molecule has 2 N–H and O–H groups in total. The van der Waals surface area contributed by atoms with Crippen LogP contribution < -0.4 is 10.6 Å². The van der Waals surface area contributed by atoms with Gasteiger partial charge in [-0.25, -0.2) is 4.98 Å². The zero-order valence-electron chi connectivity index (χ0n) is 11.6. The van der Waals surface area contributed by atoms with E-state index in [1.807, 2.05) is 12.1 Å². The number of nitrogens with zero attached hydrogens (tertiary/aromatic N) is 1. The number of anilines is 2. The van der Waals surface area contributed by atoms with Crippen LogP contribution in [0.3, 0.4) is 0 Å². The fraction of sp³-hybridized carbons (Fsp3) is 0.600. The van der Waals surface area contributed by atoms with Crippen molar-refractivity contribution in [2.24, 2.45) is 5.92 Å². The summed E-state index contributed by atoms with van der Waals surface area (Å²) in [5, 5.41) is 6.18. The Morgan fingerprint density at radius 2 is 2.11 bits per heavy atom. The third-order valence-electron chi connectivity index (χ3n) is 3.56. The number of rotatable bonds is 5. The molecule has 19 heavy (non-hydrogen) atoms. The van der Waals surface area contributed by atoms with Crippen molar-refractivity contribution < 1.29 is 4.79 Å². The van der Waals surface area contributed by atoms with E-state index in [-0.39, 0.29) is 11.8 Å². The Kier molecular flexibility index (Phi) is 5.19. The van der Waals surface area contributed by atoms with Crippen LogP contribution in [-0.4, -0.2) is 17.4 Å². The first kappa shape index (κ1) is 13.8. The van der Waals surface area contributed by atoms with Crippen molar-refractivity contribution in [2.75, 3.05) is 17.2 Å². The molecule has 1 aliphatic carbocycles. The molecular weight excluding hydrogens is 238 g/mol. The Morgan fingerprint density at radius 3 is 2.74 bits per heavy atom. The molecule has 0 aromatic carbocycles. The number of aromatic nitrogens is 1. The van der Waals surface area contributed by atoms with Crippen molar-refractivity contribution >= 4 is 17.4 Å². The molecule has 1 heterocycles. The van der Waals surface area contributed by atoms with Gasteiger partial charge in [0.25, 0.3) is 0 Å². The number of carbonyl (C=O) groups excluding carboxylic acids is 1. The van der Waals surface area contributed by atoms with Gasteiger partial charge in [-0.1, -0.05) is 26.2 Å². The van der Waals surface area contributed by atoms with Gasteiger partial charge in [0.1, 0.15) is 5.82 Å². The first-order chi connectivity index (χ1) is 9.29. The van der Waals surface area contributed by atoms with E-state index in [1.54, 1.807) is 6.20 Å². The van der Waals surface area contributed by atoms with Crippen LogP contribution in [0.15, 0.2) is 18.3 Å². The highest BCUT2D eigenvalue weighted by Crippen LogP contribution is 2.24. The lowest BCUT2D eigenvalue weighted by molar-refractivity contribution is -0.120. The van der Waals surface area contributed by atoms with Crippen molar-refractivity contribution in [2.45, 2.75) is 45.4 Å². The second-order valence-electron chi connectivity index (χ2n) is 5.18. The maximum absolute atomic E-state index is 12.1. The van der Waals surface area contributed by atoms with Crippen LogP contribution >= 0.6 is 0 Å². The van der Waals surface area contributed by atoms with Crippen LogP contribution in [-0.2, 0) is 4.79 Å². The van der Waals surface area contributed by atoms with Crippen LogP contribution in [0.4, 0.5) is 11.5 Å². The molecule has 4 heteroatoms. The minimum Gasteiger partial charge on any atom is -0.370 e. The van der Waals surface area contributed by atoms with Crippen molar-refractivity contribution in [1.82, 2.24) is 4.98 Å². The highest BCUT2D eigenvalue weighted by atomic mass is 16.1. The van der Waals surface area contributed by atoms with E-state index in [2.05, 4.69) is 22.5 Å². The number of hydrogen-bond acceptors (Lipinski definition) is 3. The average molecular weight is 261 g/mol. The molecule has 1 aromatic heterocycles. The van der Waals surface area contributed by atoms with E-state index in [1.165, 1.54) is 19.3 Å². The zero-order valence-corrected chi connectivity index (χ0v) is 11.6. The van der Waals surface area contributed by atoms with Crippen molar-refractivity contribution in [3.05, 3.63) is 18.3 Å². The van der Waals surface area contributed by atoms with Crippen LogP contribution in [0.2, 0.25) is 0 Å². The highest BCUT2D eigenvalue weighted by molar-refractivity contribution is 5.92. The van der Waals surface area contributed by atoms with E-state index >= 15 is 0 Å². The predicted molar refractivity (Wildman–Crippen MR) is 78.2 cm³/mol. The van der Waals surface area contributed by atoms with E-state index < -0.39 is 0 Å². The van der Waals surface area contributed by atoms with Crippen LogP contribution in [0.1, 0.15) is 45.4 Å². The number of amides is 1. The third kappa shape index (κ3) is 4.23. The third-order valence-corrected chi connectivity index (χ3v) is 3.56. The van der Waals surface area contributed by atoms with Gasteiger partial charge >= 0.3 is 0 Å². The molecule has 1 aromatic rings. The largest absolute Gasteiger partial charge is 0.370 e. The molecule has 0 saturated heterocycles. The van der Waals surface area contributed by atoms with Crippen LogP contribution in [0.25, 0.3) is 0 Å². The molecule has 0 atom stereocenters. The van der Waals surface area contributed by atoms with Crippen molar-refractivity contribution in [1.29, 1.82) is 0 Å². The molecule has 0 radical (unpaired) electrons. The summed E-state index contributed by atoms with van der Waals surface area (Å²) >= 11 is 0. The fourth-order valence-electron chi connectivity index (χ4n) is 2.43. The molecule has 104 valence electrons. The molecule has 1 aliphatic rings. The second kappa shape index (κ2) is 7.12. The van der Waals surface area contributed by atoms with E-state index in [0.717, 1.165) is 37.3 Å². The first-order valence-electron chi connectivity index (χ1n) is 7.30. The lowest BCUT2D eigenvalue weighted by Gasteiger charge is -2.20. The van der Waals surface area contributed by atoms with Crippen molar-refractivity contribution in [3.8, 4) is 0 Å². The monoisotopic (exact) mass is 261 g/mol. The highest BCUT2D eigenvalue weighted by Gasteiger charge is 2.20. The molecule has 1 saturated carbocycles. The minimum absolute atomic E-state index is 0.149. The zero-order chi connectivity index (χ0) is 13.5. The van der Waals surface area contributed by atoms with Gasteiger partial charge in [0.05, 0.1) is 11.9 Å². The Labute approximate surface area is 115 Å². The lowest BCUT2D eigenvalue weighted by atomic mass is 9.88. The molecule has 0 aliphatic heterocycles. The normalized spacial score (nSPS) is 16.1. The molecule has 4 nitrogen and oxygen atoms in total. The standard InChI is InChI=1S/C15H23N3O/c1-2-10-16-14-9-8-13(11-17-14)18-15(19)12-6-4-3-5-7-12/h8-9,11-12H,2-7,10H2,1H3,(H,16,17)(H,18,19). The first-order valence-corrected chi connectivity index (χ1v) is 7.30. The van der Waals surface area contributed by atoms with Gasteiger partial charge in [-0.15, -0.1) is 0 Å². The second-order valence-corrected chi connectivity index (χ2v) is 5.18. The van der Waals surface area contributed by atoms with Gasteiger partial charge in [-0.2, -0.15) is 0 Å². The molecule has 0 unspecified atom stereocenters. The average Bonchev–Trinajstić information content (AvgIpc) is 2.47. The Bertz CT molecular complexity index is 396. The molecular formula is C15H23N3O. The van der Waals surface area contributed by atoms with E-state index in [4.69, 9.17) is 0 Å². The van der Waals surface area contributed by atoms with Gasteiger partial charge in [0.15, 0.2) is 0 Å². The van der Waals surface area contributed by atoms with Crippen LogP contribution in [0.5, 0.6) is 0 Å². The summed E-state index contributed by atoms with van der Waals surface area (Å²) in [6, 6.07) is 3.82. The number of hydrogen-bond donors (Lipinski definition) is 2. The summed E-state index contributed by atoms with van der Waals surface area (Å²) in [6.45, 7) is 3.03. The number of carbonyl (C=O) groups is 1. The summed E-state index contributed by atoms with van der Waals surface area (Å²) in [6.07, 6.45) is 8.46.